The van der Waals surface area contributed by atoms with Gasteiger partial charge in [0.25, 0.3) is 0 Å². The number of benzene rings is 3. The second-order valence-electron chi connectivity index (χ2n) is 4.54. The topological polar surface area (TPSA) is 18.5 Å². The number of rotatable bonds is 4. The fraction of sp³-hybridized carbons (Fsp3) is 0. The normalized spacial score (nSPS) is 10.3. The summed E-state index contributed by atoms with van der Waals surface area (Å²) in [5.41, 5.74) is 0. The Labute approximate surface area is 138 Å². The first-order valence-corrected chi connectivity index (χ1v) is 7.43. The summed E-state index contributed by atoms with van der Waals surface area (Å²) in [5.74, 6) is 2.59. The van der Waals surface area contributed by atoms with Crippen molar-refractivity contribution >= 4 is 23.2 Å². The molecule has 110 valence electrons. The van der Waals surface area contributed by atoms with E-state index < -0.39 is 0 Å². The summed E-state index contributed by atoms with van der Waals surface area (Å²) in [4.78, 5) is 0. The summed E-state index contributed by atoms with van der Waals surface area (Å²) in [6, 6.07) is 21.9. The lowest BCUT2D eigenvalue weighted by atomic mass is 10.3. The molecule has 0 amide bonds. The molecule has 0 atom stereocenters. The van der Waals surface area contributed by atoms with Crippen molar-refractivity contribution in [2.24, 2.45) is 0 Å². The van der Waals surface area contributed by atoms with Gasteiger partial charge in [-0.15, -0.1) is 0 Å². The number of halogens is 2. The van der Waals surface area contributed by atoms with E-state index >= 15 is 0 Å². The summed E-state index contributed by atoms with van der Waals surface area (Å²) in [6.07, 6.45) is 0. The highest BCUT2D eigenvalue weighted by atomic mass is 35.5. The molecule has 22 heavy (non-hydrogen) atoms. The Kier molecular flexibility index (Phi) is 4.52. The van der Waals surface area contributed by atoms with Gasteiger partial charge in [0, 0.05) is 0 Å². The number of hydrogen-bond donors (Lipinski definition) is 0. The van der Waals surface area contributed by atoms with Crippen LogP contribution in [0.2, 0.25) is 10.0 Å². The Balaban J connectivity index is 1.73. The molecule has 0 bridgehead atoms. The van der Waals surface area contributed by atoms with Gasteiger partial charge in [0.05, 0.1) is 10.0 Å². The van der Waals surface area contributed by atoms with Crippen LogP contribution < -0.4 is 9.47 Å². The lowest BCUT2D eigenvalue weighted by molar-refractivity contribution is 0.469. The summed E-state index contributed by atoms with van der Waals surface area (Å²) >= 11 is 12.1. The van der Waals surface area contributed by atoms with E-state index in [1.807, 2.05) is 60.7 Å². The van der Waals surface area contributed by atoms with Crippen molar-refractivity contribution in [3.63, 3.8) is 0 Å². The van der Waals surface area contributed by atoms with Gasteiger partial charge < -0.3 is 9.47 Å². The van der Waals surface area contributed by atoms with Crippen molar-refractivity contribution in [2.45, 2.75) is 0 Å². The van der Waals surface area contributed by atoms with Gasteiger partial charge >= 0.3 is 0 Å². The van der Waals surface area contributed by atoms with E-state index in [1.165, 1.54) is 0 Å². The minimum atomic E-state index is 0.568. The largest absolute Gasteiger partial charge is 0.456 e. The minimum Gasteiger partial charge on any atom is -0.456 e. The molecule has 3 aromatic rings. The van der Waals surface area contributed by atoms with Gasteiger partial charge in [-0.3, -0.25) is 0 Å². The molecule has 0 radical (unpaired) electrons. The third-order valence-electron chi connectivity index (χ3n) is 2.95. The van der Waals surface area contributed by atoms with E-state index in [-0.39, 0.29) is 0 Å². The maximum absolute atomic E-state index is 6.07. The Morgan fingerprint density at radius 2 is 0.864 bits per heavy atom. The molecule has 4 heteroatoms. The highest BCUT2D eigenvalue weighted by Gasteiger charge is 2.04. The number of hydrogen-bond acceptors (Lipinski definition) is 2. The molecule has 3 aromatic carbocycles. The summed E-state index contributed by atoms with van der Waals surface area (Å²) in [6.45, 7) is 0. The molecule has 0 saturated carbocycles. The molecule has 0 N–H and O–H groups in total. The van der Waals surface area contributed by atoms with Gasteiger partial charge in [0.2, 0.25) is 0 Å². The lowest BCUT2D eigenvalue weighted by Gasteiger charge is -2.10. The predicted molar refractivity (Wildman–Crippen MR) is 89.5 cm³/mol. The van der Waals surface area contributed by atoms with Gasteiger partial charge in [0.15, 0.2) is 0 Å². The van der Waals surface area contributed by atoms with E-state index in [4.69, 9.17) is 32.7 Å². The van der Waals surface area contributed by atoms with Crippen LogP contribution in [-0.2, 0) is 0 Å². The Morgan fingerprint density at radius 1 is 0.500 bits per heavy atom. The zero-order chi connectivity index (χ0) is 15.4. The number of para-hydroxylation sites is 2. The molecule has 0 aliphatic carbocycles. The fourth-order valence-electron chi connectivity index (χ4n) is 1.88. The molecule has 0 heterocycles. The smallest absolute Gasteiger partial charge is 0.146 e. The van der Waals surface area contributed by atoms with Crippen LogP contribution in [0, 0.1) is 0 Å². The molecule has 0 saturated heterocycles. The van der Waals surface area contributed by atoms with Gasteiger partial charge in [-0.2, -0.15) is 0 Å². The first-order chi connectivity index (χ1) is 10.7. The van der Waals surface area contributed by atoms with E-state index in [9.17, 15) is 0 Å². The Bertz CT molecular complexity index is 704. The highest BCUT2D eigenvalue weighted by molar-refractivity contribution is 6.32. The predicted octanol–water partition coefficient (Wildman–Crippen LogP) is 6.58. The van der Waals surface area contributed by atoms with Crippen molar-refractivity contribution < 1.29 is 9.47 Å². The van der Waals surface area contributed by atoms with Crippen LogP contribution >= 0.6 is 23.2 Å². The second kappa shape index (κ2) is 6.73. The SMILES string of the molecule is Clc1ccccc1Oc1ccc(Oc2ccccc2Cl)cc1. The van der Waals surface area contributed by atoms with E-state index in [0.29, 0.717) is 33.0 Å². The Morgan fingerprint density at radius 3 is 1.23 bits per heavy atom. The molecule has 0 unspecified atom stereocenters. The molecular weight excluding hydrogens is 319 g/mol. The van der Waals surface area contributed by atoms with Crippen LogP contribution in [0.5, 0.6) is 23.0 Å². The Hall–Kier alpha value is -2.16. The van der Waals surface area contributed by atoms with Crippen molar-refractivity contribution in [1.29, 1.82) is 0 Å². The van der Waals surface area contributed by atoms with Gasteiger partial charge in [-0.1, -0.05) is 47.5 Å². The first-order valence-electron chi connectivity index (χ1n) is 6.67. The summed E-state index contributed by atoms with van der Waals surface area (Å²) < 4.78 is 11.4. The fourth-order valence-corrected chi connectivity index (χ4v) is 2.23. The van der Waals surface area contributed by atoms with Crippen molar-refractivity contribution in [3.05, 3.63) is 82.8 Å². The molecule has 0 aliphatic rings. The van der Waals surface area contributed by atoms with Crippen LogP contribution in [0.25, 0.3) is 0 Å². The molecule has 0 aromatic heterocycles. The van der Waals surface area contributed by atoms with Crippen LogP contribution in [0.15, 0.2) is 72.8 Å². The quantitative estimate of drug-likeness (QED) is 0.538. The third-order valence-corrected chi connectivity index (χ3v) is 3.58. The van der Waals surface area contributed by atoms with E-state index in [1.54, 1.807) is 12.1 Å². The average Bonchev–Trinajstić information content (AvgIpc) is 2.54. The highest BCUT2D eigenvalue weighted by Crippen LogP contribution is 2.32. The zero-order valence-corrected chi connectivity index (χ0v) is 13.0. The van der Waals surface area contributed by atoms with Crippen LogP contribution in [0.1, 0.15) is 0 Å². The standard InChI is InChI=1S/C18H12Cl2O2/c19-15-5-1-3-7-17(15)21-13-9-11-14(12-10-13)22-18-8-4-2-6-16(18)20/h1-12H. The van der Waals surface area contributed by atoms with Crippen LogP contribution in [0.4, 0.5) is 0 Å². The zero-order valence-electron chi connectivity index (χ0n) is 11.5. The van der Waals surface area contributed by atoms with Crippen LogP contribution in [0.3, 0.4) is 0 Å². The van der Waals surface area contributed by atoms with Crippen molar-refractivity contribution in [2.75, 3.05) is 0 Å². The minimum absolute atomic E-state index is 0.568. The van der Waals surface area contributed by atoms with Gasteiger partial charge in [-0.25, -0.2) is 0 Å². The second-order valence-corrected chi connectivity index (χ2v) is 5.35. The average molecular weight is 331 g/mol. The molecule has 0 spiro atoms. The van der Waals surface area contributed by atoms with E-state index in [2.05, 4.69) is 0 Å². The van der Waals surface area contributed by atoms with Gasteiger partial charge in [0.1, 0.15) is 23.0 Å². The van der Waals surface area contributed by atoms with E-state index in [0.717, 1.165) is 0 Å². The summed E-state index contributed by atoms with van der Waals surface area (Å²) in [7, 11) is 0. The first kappa shape index (κ1) is 14.8. The maximum Gasteiger partial charge on any atom is 0.146 e. The van der Waals surface area contributed by atoms with Crippen LogP contribution in [-0.4, -0.2) is 0 Å². The molecule has 2 nitrogen and oxygen atoms in total. The monoisotopic (exact) mass is 330 g/mol. The maximum atomic E-state index is 6.07. The third kappa shape index (κ3) is 3.53. The van der Waals surface area contributed by atoms with Crippen molar-refractivity contribution in [1.82, 2.24) is 0 Å². The molecule has 0 aliphatic heterocycles. The van der Waals surface area contributed by atoms with Crippen molar-refractivity contribution in [3.8, 4) is 23.0 Å². The molecule has 0 fully saturated rings. The number of ether oxygens (including phenoxy) is 2. The molecular formula is C18H12Cl2O2. The summed E-state index contributed by atoms with van der Waals surface area (Å²) in [5, 5.41) is 1.14. The van der Waals surface area contributed by atoms with Gasteiger partial charge in [-0.05, 0) is 48.5 Å². The lowest BCUT2D eigenvalue weighted by Crippen LogP contribution is -1.87. The molecule has 3 rings (SSSR count).